The van der Waals surface area contributed by atoms with Crippen molar-refractivity contribution in [3.8, 4) is 22.3 Å². The molecule has 2 fully saturated rings. The summed E-state index contributed by atoms with van der Waals surface area (Å²) in [6.07, 6.45) is 0.347. The molecule has 0 radical (unpaired) electrons. The Balaban J connectivity index is 0.938. The van der Waals surface area contributed by atoms with Crippen LogP contribution < -0.4 is 26.0 Å². The number of anilines is 1. The first-order valence-electron chi connectivity index (χ1n) is 25.8. The van der Waals surface area contributed by atoms with E-state index in [-0.39, 0.29) is 54.6 Å². The van der Waals surface area contributed by atoms with Crippen molar-refractivity contribution in [2.24, 2.45) is 16.2 Å². The maximum atomic E-state index is 14.5. The maximum Gasteiger partial charge on any atom is 0.510 e. The van der Waals surface area contributed by atoms with Gasteiger partial charge in [0.05, 0.1) is 44.9 Å². The molecule has 1 unspecified atom stereocenters. The number of nitriles is 1. The zero-order valence-electron chi connectivity index (χ0n) is 45.5. The highest BCUT2D eigenvalue weighted by Crippen LogP contribution is 2.55. The van der Waals surface area contributed by atoms with Gasteiger partial charge in [0.15, 0.2) is 6.79 Å². The third kappa shape index (κ3) is 15.0. The van der Waals surface area contributed by atoms with Gasteiger partial charge in [0.1, 0.15) is 36.6 Å². The zero-order chi connectivity index (χ0) is 55.5. The Morgan fingerprint density at radius 1 is 0.934 bits per heavy atom. The van der Waals surface area contributed by atoms with Gasteiger partial charge in [-0.3, -0.25) is 19.2 Å². The molecule has 1 aromatic heterocycles. The first-order valence-corrected chi connectivity index (χ1v) is 27.1. The molecule has 2 aliphatic rings. The summed E-state index contributed by atoms with van der Waals surface area (Å²) in [5.74, 6) is -0.911. The van der Waals surface area contributed by atoms with Crippen molar-refractivity contribution in [1.82, 2.24) is 25.8 Å². The van der Waals surface area contributed by atoms with Crippen LogP contribution in [-0.4, -0.2) is 109 Å². The number of carbonyl (C=O) groups excluding carboxylic acids is 5. The summed E-state index contributed by atoms with van der Waals surface area (Å²) in [7, 11) is 0. The molecule has 1 aliphatic heterocycles. The molecule has 1 saturated heterocycles. The fourth-order valence-corrected chi connectivity index (χ4v) is 11.2. The number of carbonyl (C=O) groups is 5. The number of halogens is 1. The Morgan fingerprint density at radius 3 is 2.25 bits per heavy atom. The summed E-state index contributed by atoms with van der Waals surface area (Å²) in [5, 5.41) is 22.1. The summed E-state index contributed by atoms with van der Waals surface area (Å²) < 4.78 is 28.1. The normalized spacial score (nSPS) is 19.3. The number of amides is 4. The molecular weight excluding hydrogens is 1010 g/mol. The van der Waals surface area contributed by atoms with E-state index in [1.54, 1.807) is 55.5 Å². The minimum absolute atomic E-state index is 0.0169. The molecule has 3 aromatic carbocycles. The first-order chi connectivity index (χ1) is 35.9. The van der Waals surface area contributed by atoms with E-state index in [1.807, 2.05) is 76.5 Å². The first kappa shape index (κ1) is 59.0. The molecule has 4 aromatic rings. The number of nitrogens with one attached hydrogen (secondary N) is 4. The standard InChI is InChI=1S/C57H74ClN7O10S/c1-34(2)74-54(70)73-33-72-43-28-45(50(68)62-35(3)37-15-17-38(18-16-37)47-36(4)61-32-76-47)65(30-43)51(69)48(55(5,6)7)63-46(66)31-71-26-14-12-13-25-60-41-22-19-39(20-23-41)49(67)64-52-56(8,9)53(57(52,10)11)75-42-24-21-40(29-59)44(58)27-42/h15-24,27,32,34-35,43,45,48,52-53,60H,12-14,25-26,28,30-31,33H2,1-11H3,(H,62,68)(H,63,66)(H,64,67)/t35?,43-,45+,48-,52?,53?/m1/s1. The van der Waals surface area contributed by atoms with Crippen LogP contribution in [0.25, 0.3) is 10.4 Å². The van der Waals surface area contributed by atoms with E-state index in [0.29, 0.717) is 41.5 Å². The molecule has 1 saturated carbocycles. The number of ether oxygens (including phenoxy) is 5. The van der Waals surface area contributed by atoms with E-state index in [0.717, 1.165) is 40.2 Å². The number of nitrogens with zero attached hydrogens (tertiary/aromatic N) is 3. The lowest BCUT2D eigenvalue weighted by atomic mass is 9.49. The van der Waals surface area contributed by atoms with Gasteiger partial charge < -0.3 is 49.9 Å². The number of thiazole rings is 1. The lowest BCUT2D eigenvalue weighted by Gasteiger charge is -2.63. The van der Waals surface area contributed by atoms with Crippen molar-refractivity contribution in [1.29, 1.82) is 5.26 Å². The predicted molar refractivity (Wildman–Crippen MR) is 292 cm³/mol. The molecule has 19 heteroatoms. The van der Waals surface area contributed by atoms with Gasteiger partial charge in [-0.25, -0.2) is 9.78 Å². The van der Waals surface area contributed by atoms with Gasteiger partial charge in [0.2, 0.25) is 17.7 Å². The minimum Gasteiger partial charge on any atom is -0.489 e. The van der Waals surface area contributed by atoms with E-state index < -0.39 is 60.3 Å². The van der Waals surface area contributed by atoms with Crippen LogP contribution in [-0.2, 0) is 33.3 Å². The average Bonchev–Trinajstić information content (AvgIpc) is 4.00. The Morgan fingerprint density at radius 2 is 1.63 bits per heavy atom. The van der Waals surface area contributed by atoms with Crippen molar-refractivity contribution in [2.75, 3.05) is 38.4 Å². The van der Waals surface area contributed by atoms with Crippen LogP contribution in [0.4, 0.5) is 10.5 Å². The van der Waals surface area contributed by atoms with Gasteiger partial charge in [-0.2, -0.15) is 5.26 Å². The molecule has 410 valence electrons. The highest BCUT2D eigenvalue weighted by Gasteiger charge is 2.64. The number of likely N-dealkylation sites (tertiary alicyclic amines) is 1. The summed E-state index contributed by atoms with van der Waals surface area (Å²) in [6, 6.07) is 19.8. The van der Waals surface area contributed by atoms with E-state index in [9.17, 15) is 29.2 Å². The Kier molecular flexibility index (Phi) is 20.0. The van der Waals surface area contributed by atoms with Gasteiger partial charge in [-0.1, -0.05) is 84.3 Å². The molecule has 1 aliphatic carbocycles. The van der Waals surface area contributed by atoms with Crippen molar-refractivity contribution in [3.05, 3.63) is 99.6 Å². The van der Waals surface area contributed by atoms with E-state index in [2.05, 4.69) is 60.0 Å². The SMILES string of the molecule is Cc1ncsc1-c1ccc(C(C)NC(=O)[C@@H]2C[C@@H](OCOC(=O)OC(C)C)CN2C(=O)[C@@H](NC(=O)COCCCCCNc2ccc(C(=O)NC3C(C)(C)C(Oc4ccc(C#N)c(Cl)c4)C3(C)C)cc2)C(C)(C)C)cc1. The monoisotopic (exact) mass is 1080 g/mol. The summed E-state index contributed by atoms with van der Waals surface area (Å²) in [6.45, 7) is 21.3. The molecule has 6 rings (SSSR count). The molecule has 17 nitrogen and oxygen atoms in total. The van der Waals surface area contributed by atoms with Crippen LogP contribution >= 0.6 is 22.9 Å². The quantitative estimate of drug-likeness (QED) is 0.0309. The maximum absolute atomic E-state index is 14.5. The third-order valence-electron chi connectivity index (χ3n) is 14.0. The lowest BCUT2D eigenvalue weighted by molar-refractivity contribution is -0.164. The number of hydrogen-bond acceptors (Lipinski definition) is 14. The predicted octanol–water partition coefficient (Wildman–Crippen LogP) is 9.77. The lowest BCUT2D eigenvalue weighted by Crippen LogP contribution is -2.74. The number of unbranched alkanes of at least 4 members (excludes halogenated alkanes) is 2. The number of hydrogen-bond donors (Lipinski definition) is 4. The van der Waals surface area contributed by atoms with Gasteiger partial charge in [-0.05, 0) is 99.9 Å². The molecule has 4 atom stereocenters. The van der Waals surface area contributed by atoms with E-state index in [1.165, 1.54) is 4.90 Å². The van der Waals surface area contributed by atoms with Crippen molar-refractivity contribution < 1.29 is 47.7 Å². The van der Waals surface area contributed by atoms with Crippen molar-refractivity contribution in [3.63, 3.8) is 0 Å². The Bertz CT molecular complexity index is 2680. The number of aromatic nitrogens is 1. The second kappa shape index (κ2) is 25.7. The number of aryl methyl sites for hydroxylation is 1. The Hall–Kier alpha value is -6.26. The van der Waals surface area contributed by atoms with Gasteiger partial charge in [0.25, 0.3) is 5.91 Å². The minimum atomic E-state index is -1.01. The highest BCUT2D eigenvalue weighted by molar-refractivity contribution is 7.13. The van der Waals surface area contributed by atoms with Crippen LogP contribution in [0.2, 0.25) is 5.02 Å². The number of rotatable bonds is 23. The van der Waals surface area contributed by atoms with Gasteiger partial charge in [-0.15, -0.1) is 11.3 Å². The second-order valence-corrected chi connectivity index (χ2v) is 23.4. The van der Waals surface area contributed by atoms with Crippen LogP contribution in [0.1, 0.15) is 128 Å². The molecule has 0 spiro atoms. The fourth-order valence-electron chi connectivity index (χ4n) is 10.2. The largest absolute Gasteiger partial charge is 0.510 e. The third-order valence-corrected chi connectivity index (χ3v) is 15.3. The van der Waals surface area contributed by atoms with Crippen LogP contribution in [0, 0.1) is 34.5 Å². The van der Waals surface area contributed by atoms with Gasteiger partial charge in [0, 0.05) is 60.3 Å². The topological polar surface area (TPSA) is 220 Å². The average molecular weight is 1080 g/mol. The van der Waals surface area contributed by atoms with Crippen LogP contribution in [0.5, 0.6) is 5.75 Å². The Labute approximate surface area is 456 Å². The number of benzene rings is 3. The fraction of sp³-hybridized carbons (Fsp3) is 0.526. The van der Waals surface area contributed by atoms with Crippen LogP contribution in [0.3, 0.4) is 0 Å². The van der Waals surface area contributed by atoms with E-state index >= 15 is 0 Å². The molecule has 4 amide bonds. The van der Waals surface area contributed by atoms with Crippen LogP contribution in [0.15, 0.2) is 72.2 Å². The van der Waals surface area contributed by atoms with Gasteiger partial charge >= 0.3 is 6.16 Å². The molecule has 2 heterocycles. The molecule has 76 heavy (non-hydrogen) atoms. The summed E-state index contributed by atoms with van der Waals surface area (Å²) in [4.78, 5) is 74.3. The molecular formula is C57H74ClN7O10S. The highest BCUT2D eigenvalue weighted by atomic mass is 35.5. The smallest absolute Gasteiger partial charge is 0.489 e. The second-order valence-electron chi connectivity index (χ2n) is 22.1. The summed E-state index contributed by atoms with van der Waals surface area (Å²) in [5.41, 5.74) is 4.93. The summed E-state index contributed by atoms with van der Waals surface area (Å²) >= 11 is 7.81. The molecule has 4 N–H and O–H groups in total. The van der Waals surface area contributed by atoms with Crippen molar-refractivity contribution in [2.45, 2.75) is 144 Å². The van der Waals surface area contributed by atoms with E-state index in [4.69, 9.17) is 35.3 Å². The molecule has 0 bridgehead atoms. The zero-order valence-corrected chi connectivity index (χ0v) is 47.1. The van der Waals surface area contributed by atoms with Crippen molar-refractivity contribution >= 4 is 58.4 Å².